The maximum atomic E-state index is 12.5. The predicted molar refractivity (Wildman–Crippen MR) is 129 cm³/mol. The molecule has 1 aromatic rings. The van der Waals surface area contributed by atoms with Crippen molar-refractivity contribution in [2.75, 3.05) is 18.4 Å². The van der Waals surface area contributed by atoms with Crippen LogP contribution in [-0.4, -0.2) is 53.6 Å². The molecule has 0 radical (unpaired) electrons. The van der Waals surface area contributed by atoms with Crippen molar-refractivity contribution in [1.82, 2.24) is 15.5 Å². The fraction of sp³-hybridized carbons (Fsp3) is 0.458. The molecule has 1 heterocycles. The Kier molecular flexibility index (Phi) is 10.7. The summed E-state index contributed by atoms with van der Waals surface area (Å²) < 4.78 is 0. The number of hydrogen-bond acceptors (Lipinski definition) is 5. The fourth-order valence-electron chi connectivity index (χ4n) is 3.32. The zero-order chi connectivity index (χ0) is 25.1. The van der Waals surface area contributed by atoms with Crippen LogP contribution in [0, 0.1) is 5.92 Å². The van der Waals surface area contributed by atoms with Crippen LogP contribution in [0.15, 0.2) is 36.4 Å². The van der Waals surface area contributed by atoms with Gasteiger partial charge in [0, 0.05) is 36.7 Å². The summed E-state index contributed by atoms with van der Waals surface area (Å²) in [5.41, 5.74) is 1.52. The van der Waals surface area contributed by atoms with E-state index < -0.39 is 11.9 Å². The second kappa shape index (κ2) is 13.5. The Morgan fingerprint density at radius 1 is 0.941 bits per heavy atom. The summed E-state index contributed by atoms with van der Waals surface area (Å²) in [5, 5.41) is 7.98. The number of hydrogen-bond donors (Lipinski definition) is 3. The molecule has 1 aliphatic heterocycles. The summed E-state index contributed by atoms with van der Waals surface area (Å²) >= 11 is 5.75. The van der Waals surface area contributed by atoms with Crippen molar-refractivity contribution in [3.8, 4) is 0 Å². The number of benzene rings is 1. The van der Waals surface area contributed by atoms with Crippen LogP contribution in [0.3, 0.4) is 0 Å². The lowest BCUT2D eigenvalue weighted by Gasteiger charge is -2.21. The molecule has 0 bridgehead atoms. The molecule has 1 aliphatic rings. The summed E-state index contributed by atoms with van der Waals surface area (Å²) in [5.74, 6) is -1.51. The highest BCUT2D eigenvalue weighted by Crippen LogP contribution is 2.11. The van der Waals surface area contributed by atoms with Crippen molar-refractivity contribution >= 4 is 46.8 Å². The Hall–Kier alpha value is -3.20. The van der Waals surface area contributed by atoms with Gasteiger partial charge in [-0.3, -0.25) is 28.9 Å². The number of alkyl halides is 1. The first-order chi connectivity index (χ1) is 16.2. The highest BCUT2D eigenvalue weighted by atomic mass is 35.5. The van der Waals surface area contributed by atoms with Crippen LogP contribution in [0.1, 0.15) is 45.1 Å². The molecule has 9 nitrogen and oxygen atoms in total. The Morgan fingerprint density at radius 2 is 1.59 bits per heavy atom. The number of anilines is 1. The minimum absolute atomic E-state index is 0.171. The molecule has 0 aliphatic carbocycles. The van der Waals surface area contributed by atoms with E-state index in [2.05, 4.69) is 16.0 Å². The first-order valence-corrected chi connectivity index (χ1v) is 11.8. The van der Waals surface area contributed by atoms with Gasteiger partial charge in [-0.05, 0) is 36.5 Å². The normalized spacial score (nSPS) is 13.8. The Balaban J connectivity index is 1.69. The molecule has 34 heavy (non-hydrogen) atoms. The summed E-state index contributed by atoms with van der Waals surface area (Å²) in [6, 6.07) is 6.29. The number of imide groups is 1. The molecule has 10 heteroatoms. The van der Waals surface area contributed by atoms with Crippen LogP contribution in [0.4, 0.5) is 5.69 Å². The Morgan fingerprint density at radius 3 is 2.18 bits per heavy atom. The van der Waals surface area contributed by atoms with Gasteiger partial charge < -0.3 is 16.0 Å². The van der Waals surface area contributed by atoms with Gasteiger partial charge in [0.1, 0.15) is 6.04 Å². The SMILES string of the molecule is CC(C)C(NC(=O)CCCCCN1C(=O)C=CC1=O)C(=O)NCC(=O)Nc1ccc(CCl)cc1. The van der Waals surface area contributed by atoms with E-state index in [1.54, 1.807) is 38.1 Å². The average molecular weight is 491 g/mol. The smallest absolute Gasteiger partial charge is 0.253 e. The van der Waals surface area contributed by atoms with Crippen molar-refractivity contribution in [1.29, 1.82) is 0 Å². The van der Waals surface area contributed by atoms with Gasteiger partial charge in [0.05, 0.1) is 6.54 Å². The zero-order valence-electron chi connectivity index (χ0n) is 19.4. The lowest BCUT2D eigenvalue weighted by molar-refractivity contribution is -0.137. The maximum absolute atomic E-state index is 12.5. The van der Waals surface area contributed by atoms with E-state index in [1.165, 1.54) is 17.1 Å². The number of amides is 5. The molecular formula is C24H31ClN4O5. The number of halogens is 1. The van der Waals surface area contributed by atoms with Crippen LogP contribution in [0.25, 0.3) is 0 Å². The van der Waals surface area contributed by atoms with Crippen LogP contribution in [-0.2, 0) is 29.9 Å². The van der Waals surface area contributed by atoms with Crippen molar-refractivity contribution in [3.63, 3.8) is 0 Å². The molecule has 184 valence electrons. The fourth-order valence-corrected chi connectivity index (χ4v) is 3.50. The molecule has 0 aromatic heterocycles. The molecular weight excluding hydrogens is 460 g/mol. The Labute approximate surface area is 204 Å². The maximum Gasteiger partial charge on any atom is 0.253 e. The first kappa shape index (κ1) is 27.0. The number of rotatable bonds is 13. The largest absolute Gasteiger partial charge is 0.345 e. The van der Waals surface area contributed by atoms with Crippen LogP contribution >= 0.6 is 11.6 Å². The number of nitrogens with zero attached hydrogens (tertiary/aromatic N) is 1. The molecule has 3 N–H and O–H groups in total. The van der Waals surface area contributed by atoms with Gasteiger partial charge in [0.25, 0.3) is 11.8 Å². The quantitative estimate of drug-likeness (QED) is 0.222. The number of nitrogens with one attached hydrogen (secondary N) is 3. The molecule has 5 amide bonds. The third kappa shape index (κ3) is 8.62. The molecule has 2 rings (SSSR count). The minimum atomic E-state index is -0.769. The molecule has 1 unspecified atom stereocenters. The van der Waals surface area contributed by atoms with Gasteiger partial charge in [0.2, 0.25) is 17.7 Å². The number of carbonyl (C=O) groups excluding carboxylic acids is 5. The van der Waals surface area contributed by atoms with Gasteiger partial charge in [0.15, 0.2) is 0 Å². The average Bonchev–Trinajstić information content (AvgIpc) is 3.13. The van der Waals surface area contributed by atoms with Crippen molar-refractivity contribution in [2.45, 2.75) is 51.5 Å². The third-order valence-corrected chi connectivity index (χ3v) is 5.58. The first-order valence-electron chi connectivity index (χ1n) is 11.3. The van der Waals surface area contributed by atoms with Gasteiger partial charge in [-0.1, -0.05) is 32.4 Å². The highest BCUT2D eigenvalue weighted by molar-refractivity contribution is 6.17. The van der Waals surface area contributed by atoms with Crippen LogP contribution in [0.2, 0.25) is 0 Å². The second-order valence-corrected chi connectivity index (χ2v) is 8.63. The van der Waals surface area contributed by atoms with E-state index in [0.717, 1.165) is 5.56 Å². The van der Waals surface area contributed by atoms with Crippen LogP contribution in [0.5, 0.6) is 0 Å². The van der Waals surface area contributed by atoms with E-state index in [-0.39, 0.29) is 42.5 Å². The topological polar surface area (TPSA) is 125 Å². The lowest BCUT2D eigenvalue weighted by atomic mass is 10.0. The van der Waals surface area contributed by atoms with Crippen molar-refractivity contribution in [3.05, 3.63) is 42.0 Å². The molecule has 0 saturated carbocycles. The molecule has 0 spiro atoms. The van der Waals surface area contributed by atoms with Crippen molar-refractivity contribution in [2.24, 2.45) is 5.92 Å². The molecule has 1 aromatic carbocycles. The number of carbonyl (C=O) groups is 5. The number of unbranched alkanes of at least 4 members (excludes halogenated alkanes) is 2. The van der Waals surface area contributed by atoms with Crippen LogP contribution < -0.4 is 16.0 Å². The lowest BCUT2D eigenvalue weighted by Crippen LogP contribution is -2.51. The molecule has 0 fully saturated rings. The van der Waals surface area contributed by atoms with Crippen molar-refractivity contribution < 1.29 is 24.0 Å². The molecule has 0 saturated heterocycles. The zero-order valence-corrected chi connectivity index (χ0v) is 20.2. The minimum Gasteiger partial charge on any atom is -0.345 e. The Bertz CT molecular complexity index is 912. The van der Waals surface area contributed by atoms with E-state index in [0.29, 0.717) is 37.4 Å². The predicted octanol–water partition coefficient (Wildman–Crippen LogP) is 2.11. The van der Waals surface area contributed by atoms with E-state index in [4.69, 9.17) is 11.6 Å². The third-order valence-electron chi connectivity index (χ3n) is 5.27. The monoisotopic (exact) mass is 490 g/mol. The van der Waals surface area contributed by atoms with E-state index in [9.17, 15) is 24.0 Å². The summed E-state index contributed by atoms with van der Waals surface area (Å²) in [7, 11) is 0. The molecule has 1 atom stereocenters. The summed E-state index contributed by atoms with van der Waals surface area (Å²) in [4.78, 5) is 61.2. The summed E-state index contributed by atoms with van der Waals surface area (Å²) in [6.45, 7) is 3.71. The highest BCUT2D eigenvalue weighted by Gasteiger charge is 2.25. The van der Waals surface area contributed by atoms with E-state index >= 15 is 0 Å². The van der Waals surface area contributed by atoms with Gasteiger partial charge in [-0.15, -0.1) is 11.6 Å². The van der Waals surface area contributed by atoms with Gasteiger partial charge in [-0.25, -0.2) is 0 Å². The standard InChI is InChI=1S/C24H31ClN4O5/c1-16(2)23(24(34)26-15-20(31)27-18-9-7-17(14-25)8-10-18)28-19(30)6-4-3-5-13-29-21(32)11-12-22(29)33/h7-12,16,23H,3-6,13-15H2,1-2H3,(H,26,34)(H,27,31)(H,28,30). The van der Waals surface area contributed by atoms with E-state index in [1.807, 2.05) is 0 Å². The van der Waals surface area contributed by atoms with Gasteiger partial charge in [-0.2, -0.15) is 0 Å². The van der Waals surface area contributed by atoms with Gasteiger partial charge >= 0.3 is 0 Å². The summed E-state index contributed by atoms with van der Waals surface area (Å²) in [6.07, 6.45) is 4.53. The second-order valence-electron chi connectivity index (χ2n) is 8.36.